The molecule has 1 aliphatic heterocycles. The van der Waals surface area contributed by atoms with E-state index in [1.54, 1.807) is 0 Å². The minimum Gasteiger partial charge on any atom is -0.481 e. The number of primary amides is 1. The average Bonchev–Trinajstić information content (AvgIpc) is 2.70. The molecule has 1 saturated heterocycles. The summed E-state index contributed by atoms with van der Waals surface area (Å²) < 4.78 is 4.94. The summed E-state index contributed by atoms with van der Waals surface area (Å²) in [6.45, 7) is 0.202. The standard InChI is InChI=1S/C10H13N5O3/c1-18-7-3-6(13-10(12)14-7)15-4-5(9(11)17)2-8(15)16/h3,5H,2,4H2,1H3,(H2,11,17)(H2,12,13,14). The molecular weight excluding hydrogens is 238 g/mol. The Morgan fingerprint density at radius 3 is 2.83 bits per heavy atom. The number of rotatable bonds is 3. The van der Waals surface area contributed by atoms with Crippen LogP contribution in [0.3, 0.4) is 0 Å². The fraction of sp³-hybridized carbons (Fsp3) is 0.400. The lowest BCUT2D eigenvalue weighted by Gasteiger charge is -2.15. The molecule has 1 unspecified atom stereocenters. The number of amides is 2. The maximum Gasteiger partial charge on any atom is 0.229 e. The van der Waals surface area contributed by atoms with E-state index >= 15 is 0 Å². The molecule has 0 saturated carbocycles. The summed E-state index contributed by atoms with van der Waals surface area (Å²) in [6.07, 6.45) is 0.0849. The van der Waals surface area contributed by atoms with E-state index in [1.807, 2.05) is 0 Å². The van der Waals surface area contributed by atoms with Crippen LogP contribution in [0.2, 0.25) is 0 Å². The van der Waals surface area contributed by atoms with Gasteiger partial charge in [-0.25, -0.2) is 0 Å². The third kappa shape index (κ3) is 2.17. The molecule has 18 heavy (non-hydrogen) atoms. The number of hydrogen-bond acceptors (Lipinski definition) is 6. The predicted octanol–water partition coefficient (Wildman–Crippen LogP) is -1.09. The second-order valence-corrected chi connectivity index (χ2v) is 3.93. The molecule has 1 aromatic rings. The smallest absolute Gasteiger partial charge is 0.229 e. The van der Waals surface area contributed by atoms with Crippen molar-refractivity contribution >= 4 is 23.6 Å². The summed E-state index contributed by atoms with van der Waals surface area (Å²) in [6, 6.07) is 1.48. The Kier molecular flexibility index (Phi) is 3.00. The number of nitrogen functional groups attached to an aromatic ring is 1. The molecule has 0 radical (unpaired) electrons. The van der Waals surface area contributed by atoms with E-state index in [0.717, 1.165) is 0 Å². The van der Waals surface area contributed by atoms with Crippen LogP contribution in [-0.4, -0.2) is 35.4 Å². The van der Waals surface area contributed by atoms with Crippen LogP contribution in [0.5, 0.6) is 5.88 Å². The van der Waals surface area contributed by atoms with E-state index in [-0.39, 0.29) is 30.7 Å². The molecule has 0 spiro atoms. The van der Waals surface area contributed by atoms with Crippen LogP contribution in [0.15, 0.2) is 6.07 Å². The summed E-state index contributed by atoms with van der Waals surface area (Å²) in [4.78, 5) is 32.0. The number of nitrogens with zero attached hydrogens (tertiary/aromatic N) is 3. The van der Waals surface area contributed by atoms with Gasteiger partial charge in [0.05, 0.1) is 13.0 Å². The Morgan fingerprint density at radius 2 is 2.28 bits per heavy atom. The number of methoxy groups -OCH3 is 1. The molecule has 2 amide bonds. The molecule has 2 rings (SSSR count). The number of carbonyl (C=O) groups is 2. The molecular formula is C10H13N5O3. The van der Waals surface area contributed by atoms with Crippen LogP contribution in [0.4, 0.5) is 11.8 Å². The van der Waals surface area contributed by atoms with Gasteiger partial charge >= 0.3 is 0 Å². The summed E-state index contributed by atoms with van der Waals surface area (Å²) in [7, 11) is 1.43. The molecule has 8 nitrogen and oxygen atoms in total. The second-order valence-electron chi connectivity index (χ2n) is 3.93. The van der Waals surface area contributed by atoms with Crippen molar-refractivity contribution in [2.45, 2.75) is 6.42 Å². The van der Waals surface area contributed by atoms with Crippen molar-refractivity contribution in [2.24, 2.45) is 11.7 Å². The largest absolute Gasteiger partial charge is 0.481 e. The summed E-state index contributed by atoms with van der Waals surface area (Å²) >= 11 is 0. The molecule has 2 heterocycles. The van der Waals surface area contributed by atoms with Crippen molar-refractivity contribution in [1.29, 1.82) is 0 Å². The van der Waals surface area contributed by atoms with Gasteiger partial charge in [0.2, 0.25) is 23.6 Å². The fourth-order valence-corrected chi connectivity index (χ4v) is 1.79. The van der Waals surface area contributed by atoms with Crippen LogP contribution < -0.4 is 21.1 Å². The van der Waals surface area contributed by atoms with Gasteiger partial charge < -0.3 is 16.2 Å². The van der Waals surface area contributed by atoms with E-state index in [1.165, 1.54) is 18.1 Å². The zero-order valence-electron chi connectivity index (χ0n) is 9.79. The maximum absolute atomic E-state index is 11.8. The number of nitrogens with two attached hydrogens (primary N) is 2. The Labute approximate surface area is 103 Å². The van der Waals surface area contributed by atoms with Gasteiger partial charge in [0.15, 0.2) is 0 Å². The van der Waals surface area contributed by atoms with Gasteiger partial charge in [-0.3, -0.25) is 14.5 Å². The van der Waals surface area contributed by atoms with Crippen LogP contribution in [0.25, 0.3) is 0 Å². The Morgan fingerprint density at radius 1 is 1.56 bits per heavy atom. The number of ether oxygens (including phenoxy) is 1. The number of aromatic nitrogens is 2. The normalized spacial score (nSPS) is 19.1. The SMILES string of the molecule is COc1cc(N2CC(C(N)=O)CC2=O)nc(N)n1. The highest BCUT2D eigenvalue weighted by Crippen LogP contribution is 2.25. The van der Waals surface area contributed by atoms with Crippen LogP contribution >= 0.6 is 0 Å². The first-order valence-electron chi connectivity index (χ1n) is 5.29. The minimum atomic E-state index is -0.500. The molecule has 0 aliphatic carbocycles. The van der Waals surface area contributed by atoms with Gasteiger partial charge in [0, 0.05) is 19.0 Å². The average molecular weight is 251 g/mol. The first kappa shape index (κ1) is 12.1. The molecule has 96 valence electrons. The Balaban J connectivity index is 2.29. The van der Waals surface area contributed by atoms with E-state index in [2.05, 4.69) is 9.97 Å². The lowest BCUT2D eigenvalue weighted by molar-refractivity contribution is -0.123. The van der Waals surface area contributed by atoms with E-state index in [0.29, 0.717) is 5.82 Å². The van der Waals surface area contributed by atoms with Crippen molar-refractivity contribution in [2.75, 3.05) is 24.3 Å². The van der Waals surface area contributed by atoms with Crippen LogP contribution in [0, 0.1) is 5.92 Å². The zero-order valence-corrected chi connectivity index (χ0v) is 9.79. The van der Waals surface area contributed by atoms with Crippen LogP contribution in [-0.2, 0) is 9.59 Å². The number of anilines is 2. The highest BCUT2D eigenvalue weighted by Gasteiger charge is 2.35. The van der Waals surface area contributed by atoms with Gasteiger partial charge in [0.1, 0.15) is 5.82 Å². The molecule has 1 fully saturated rings. The van der Waals surface area contributed by atoms with Gasteiger partial charge in [0.25, 0.3) is 0 Å². The van der Waals surface area contributed by atoms with Gasteiger partial charge in [-0.05, 0) is 0 Å². The van der Waals surface area contributed by atoms with Crippen molar-refractivity contribution < 1.29 is 14.3 Å². The lowest BCUT2D eigenvalue weighted by Crippen LogP contribution is -2.29. The molecule has 8 heteroatoms. The van der Waals surface area contributed by atoms with Gasteiger partial charge in [-0.1, -0.05) is 0 Å². The lowest BCUT2D eigenvalue weighted by atomic mass is 10.1. The van der Waals surface area contributed by atoms with Crippen molar-refractivity contribution in [3.63, 3.8) is 0 Å². The van der Waals surface area contributed by atoms with Gasteiger partial charge in [-0.15, -0.1) is 0 Å². The molecule has 1 atom stereocenters. The first-order valence-corrected chi connectivity index (χ1v) is 5.29. The number of carbonyl (C=O) groups excluding carboxylic acids is 2. The highest BCUT2D eigenvalue weighted by molar-refractivity contribution is 5.99. The highest BCUT2D eigenvalue weighted by atomic mass is 16.5. The van der Waals surface area contributed by atoms with Crippen molar-refractivity contribution in [1.82, 2.24) is 9.97 Å². The quantitative estimate of drug-likeness (QED) is 0.703. The Bertz CT molecular complexity index is 504. The van der Waals surface area contributed by atoms with Crippen molar-refractivity contribution in [3.05, 3.63) is 6.07 Å². The van der Waals surface area contributed by atoms with E-state index in [9.17, 15) is 9.59 Å². The molecule has 1 aromatic heterocycles. The topological polar surface area (TPSA) is 124 Å². The minimum absolute atomic E-state index is 0.000301. The third-order valence-corrected chi connectivity index (χ3v) is 2.72. The van der Waals surface area contributed by atoms with Crippen molar-refractivity contribution in [3.8, 4) is 5.88 Å². The van der Waals surface area contributed by atoms with Crippen LogP contribution in [0.1, 0.15) is 6.42 Å². The Hall–Kier alpha value is -2.38. The second kappa shape index (κ2) is 4.47. The number of hydrogen-bond donors (Lipinski definition) is 2. The summed E-state index contributed by atoms with van der Waals surface area (Å²) in [5.74, 6) is -0.654. The summed E-state index contributed by atoms with van der Waals surface area (Å²) in [5.41, 5.74) is 10.7. The van der Waals surface area contributed by atoms with Gasteiger partial charge in [-0.2, -0.15) is 9.97 Å². The fourth-order valence-electron chi connectivity index (χ4n) is 1.79. The maximum atomic E-state index is 11.8. The molecule has 1 aliphatic rings. The van der Waals surface area contributed by atoms with E-state index < -0.39 is 11.8 Å². The molecule has 4 N–H and O–H groups in total. The predicted molar refractivity (Wildman–Crippen MR) is 62.7 cm³/mol. The first-order chi connectivity index (χ1) is 8.51. The summed E-state index contributed by atoms with van der Waals surface area (Å²) in [5, 5.41) is 0. The van der Waals surface area contributed by atoms with E-state index in [4.69, 9.17) is 16.2 Å². The zero-order chi connectivity index (χ0) is 13.3. The molecule has 0 bridgehead atoms. The molecule has 0 aromatic carbocycles. The third-order valence-electron chi connectivity index (χ3n) is 2.72. The monoisotopic (exact) mass is 251 g/mol.